The summed E-state index contributed by atoms with van der Waals surface area (Å²) in [5, 5.41) is 0. The lowest BCUT2D eigenvalue weighted by Crippen LogP contribution is -2.15. The van der Waals surface area contributed by atoms with Gasteiger partial charge in [0, 0.05) is 40.5 Å². The van der Waals surface area contributed by atoms with Gasteiger partial charge in [0.15, 0.2) is 0 Å². The zero-order chi connectivity index (χ0) is 42.6. The number of pyridine rings is 2. The largest absolute Gasteiger partial charge is 0.310 e. The molecule has 0 fully saturated rings. The Morgan fingerprint density at radius 1 is 0.410 bits per heavy atom. The number of hydrogen-bond acceptors (Lipinski definition) is 3. The van der Waals surface area contributed by atoms with Gasteiger partial charge in [-0.15, -0.1) is 0 Å². The van der Waals surface area contributed by atoms with Crippen LogP contribution in [-0.4, -0.2) is 9.97 Å². The number of aryl methyl sites for hydroxylation is 4. The van der Waals surface area contributed by atoms with Gasteiger partial charge in [0.2, 0.25) is 0 Å². The van der Waals surface area contributed by atoms with E-state index in [9.17, 15) is 0 Å². The summed E-state index contributed by atoms with van der Waals surface area (Å²) in [5.74, 6) is 0.937. The maximum atomic E-state index is 5.11. The van der Waals surface area contributed by atoms with Gasteiger partial charge in [0.25, 0.3) is 0 Å². The lowest BCUT2D eigenvalue weighted by molar-refractivity contribution is 0.647. The maximum Gasteiger partial charge on any atom is 0.0709 e. The van der Waals surface area contributed by atoms with Gasteiger partial charge < -0.3 is 4.90 Å². The molecule has 2 aromatic heterocycles. The third-order valence-electron chi connectivity index (χ3n) is 11.5. The van der Waals surface area contributed by atoms with Crippen LogP contribution in [0.4, 0.5) is 17.1 Å². The average Bonchev–Trinajstić information content (AvgIpc) is 3.25. The Hall–Kier alpha value is -6.58. The van der Waals surface area contributed by atoms with E-state index in [1.807, 2.05) is 12.4 Å². The van der Waals surface area contributed by atoms with Crippen molar-refractivity contribution in [3.05, 3.63) is 197 Å². The minimum atomic E-state index is 0.468. The Kier molecular flexibility index (Phi) is 12.1. The van der Waals surface area contributed by atoms with Crippen LogP contribution in [0.3, 0.4) is 0 Å². The number of hydrogen-bond donors (Lipinski definition) is 0. The van der Waals surface area contributed by atoms with Gasteiger partial charge in [-0.25, -0.2) is 0 Å². The summed E-state index contributed by atoms with van der Waals surface area (Å²) in [6.45, 7) is 18.0. The highest BCUT2D eigenvalue weighted by atomic mass is 15.1. The molecule has 0 radical (unpaired) electrons. The Bertz CT molecular complexity index is 2640. The molecule has 0 saturated carbocycles. The molecule has 0 aliphatic carbocycles. The van der Waals surface area contributed by atoms with E-state index in [4.69, 9.17) is 9.97 Å². The first kappa shape index (κ1) is 41.2. The second kappa shape index (κ2) is 18.0. The van der Waals surface area contributed by atoms with Crippen LogP contribution in [0.5, 0.6) is 0 Å². The van der Waals surface area contributed by atoms with Gasteiger partial charge in [-0.05, 0) is 163 Å². The number of nitrogens with zero attached hydrogens (tertiary/aromatic N) is 3. The molecule has 8 rings (SSSR count). The molecule has 0 aliphatic heterocycles. The van der Waals surface area contributed by atoms with Gasteiger partial charge in [-0.1, -0.05) is 130 Å². The van der Waals surface area contributed by atoms with Crippen molar-refractivity contribution < 1.29 is 0 Å². The van der Waals surface area contributed by atoms with Crippen molar-refractivity contribution in [1.82, 2.24) is 9.97 Å². The maximum absolute atomic E-state index is 5.11. The molecule has 0 aliphatic rings. The summed E-state index contributed by atoms with van der Waals surface area (Å²) in [4.78, 5) is 12.7. The van der Waals surface area contributed by atoms with Crippen LogP contribution in [0.15, 0.2) is 164 Å². The fourth-order valence-corrected chi connectivity index (χ4v) is 8.80. The van der Waals surface area contributed by atoms with Crippen LogP contribution >= 0.6 is 0 Å². The van der Waals surface area contributed by atoms with Crippen molar-refractivity contribution in [3.8, 4) is 55.9 Å². The van der Waals surface area contributed by atoms with Gasteiger partial charge >= 0.3 is 0 Å². The van der Waals surface area contributed by atoms with Crippen molar-refractivity contribution in [2.75, 3.05) is 4.90 Å². The van der Waals surface area contributed by atoms with Crippen molar-refractivity contribution >= 4 is 17.1 Å². The van der Waals surface area contributed by atoms with Crippen LogP contribution in [0.25, 0.3) is 55.9 Å². The Morgan fingerprint density at radius 2 is 0.820 bits per heavy atom. The Balaban J connectivity index is 1.42. The van der Waals surface area contributed by atoms with Gasteiger partial charge in [-0.2, -0.15) is 0 Å². The van der Waals surface area contributed by atoms with Crippen LogP contribution in [0.1, 0.15) is 61.1 Å². The standard InChI is InChI=1S/C58H57N3/c1-38(2)24-44-28-49(56-34-53(42(7)36-59-56)46-18-12-9-13-19-46)32-51(30-44)61(58-41(6)26-40(5)27-55(58)48-22-16-11-17-23-48)52-31-45(25-39(3)4)29-50(33-52)57-35-54(43(8)37-60-57)47-20-14-10-15-21-47/h9-23,26-39H,24-25H2,1-8H3. The molecule has 0 bridgehead atoms. The van der Waals surface area contributed by atoms with E-state index < -0.39 is 0 Å². The molecule has 8 aromatic rings. The normalized spacial score (nSPS) is 11.4. The summed E-state index contributed by atoms with van der Waals surface area (Å²) in [6, 6.07) is 55.7. The van der Waals surface area contributed by atoms with E-state index in [1.54, 1.807) is 0 Å². The predicted octanol–water partition coefficient (Wildman–Crippen LogP) is 15.9. The second-order valence-corrected chi connectivity index (χ2v) is 17.7. The molecular formula is C58H57N3. The summed E-state index contributed by atoms with van der Waals surface area (Å²) < 4.78 is 0. The van der Waals surface area contributed by atoms with Gasteiger partial charge in [0.05, 0.1) is 17.1 Å². The van der Waals surface area contributed by atoms with Crippen molar-refractivity contribution in [2.45, 2.75) is 68.2 Å². The number of rotatable bonds is 12. The van der Waals surface area contributed by atoms with Crippen LogP contribution in [-0.2, 0) is 12.8 Å². The summed E-state index contributed by atoms with van der Waals surface area (Å²) in [6.07, 6.45) is 5.95. The minimum Gasteiger partial charge on any atom is -0.310 e. The lowest BCUT2D eigenvalue weighted by atomic mass is 9.93. The molecule has 0 N–H and O–H groups in total. The van der Waals surface area contributed by atoms with Crippen molar-refractivity contribution in [1.29, 1.82) is 0 Å². The molecule has 61 heavy (non-hydrogen) atoms. The molecule has 3 nitrogen and oxygen atoms in total. The monoisotopic (exact) mass is 795 g/mol. The molecule has 3 heteroatoms. The summed E-state index contributed by atoms with van der Waals surface area (Å²) in [7, 11) is 0. The number of benzene rings is 6. The van der Waals surface area contributed by atoms with E-state index in [0.29, 0.717) is 11.8 Å². The van der Waals surface area contributed by atoms with E-state index in [0.717, 1.165) is 57.9 Å². The van der Waals surface area contributed by atoms with E-state index in [1.165, 1.54) is 61.3 Å². The molecule has 0 unspecified atom stereocenters. The van der Waals surface area contributed by atoms with E-state index >= 15 is 0 Å². The summed E-state index contributed by atoms with van der Waals surface area (Å²) in [5.41, 5.74) is 22.0. The molecular weight excluding hydrogens is 739 g/mol. The third-order valence-corrected chi connectivity index (χ3v) is 11.5. The molecule has 0 amide bonds. The average molecular weight is 796 g/mol. The van der Waals surface area contributed by atoms with E-state index in [-0.39, 0.29) is 0 Å². The zero-order valence-corrected chi connectivity index (χ0v) is 37.0. The Labute approximate surface area is 363 Å². The topological polar surface area (TPSA) is 29.0 Å². The highest BCUT2D eigenvalue weighted by molar-refractivity contribution is 5.92. The SMILES string of the molecule is Cc1cc(C)c(N(c2cc(CC(C)C)cc(-c3cc(-c4ccccc4)c(C)cn3)c2)c2cc(CC(C)C)cc(-c3cc(-c4ccccc4)c(C)cn3)c2)c(-c2ccccc2)c1. The first-order chi connectivity index (χ1) is 29.5. The molecule has 6 aromatic carbocycles. The highest BCUT2D eigenvalue weighted by Crippen LogP contribution is 2.46. The molecule has 2 heterocycles. The molecule has 0 atom stereocenters. The van der Waals surface area contributed by atoms with Crippen molar-refractivity contribution in [3.63, 3.8) is 0 Å². The van der Waals surface area contributed by atoms with Gasteiger partial charge in [-0.3, -0.25) is 9.97 Å². The first-order valence-electron chi connectivity index (χ1n) is 21.8. The van der Waals surface area contributed by atoms with E-state index in [2.05, 4.69) is 212 Å². The lowest BCUT2D eigenvalue weighted by Gasteiger charge is -2.32. The second-order valence-electron chi connectivity index (χ2n) is 17.7. The van der Waals surface area contributed by atoms with Gasteiger partial charge in [0.1, 0.15) is 0 Å². The Morgan fingerprint density at radius 3 is 1.23 bits per heavy atom. The summed E-state index contributed by atoms with van der Waals surface area (Å²) >= 11 is 0. The fraction of sp³-hybridized carbons (Fsp3) is 0.207. The van der Waals surface area contributed by atoms with Crippen LogP contribution in [0.2, 0.25) is 0 Å². The number of anilines is 3. The molecule has 0 saturated heterocycles. The third kappa shape index (κ3) is 9.27. The predicted molar refractivity (Wildman–Crippen MR) is 260 cm³/mol. The zero-order valence-electron chi connectivity index (χ0n) is 37.0. The fourth-order valence-electron chi connectivity index (χ4n) is 8.80. The highest BCUT2D eigenvalue weighted by Gasteiger charge is 2.24. The smallest absolute Gasteiger partial charge is 0.0709 e. The minimum absolute atomic E-state index is 0.468. The van der Waals surface area contributed by atoms with Crippen LogP contribution < -0.4 is 4.90 Å². The molecule has 304 valence electrons. The number of aromatic nitrogens is 2. The van der Waals surface area contributed by atoms with Crippen molar-refractivity contribution in [2.24, 2.45) is 11.8 Å². The molecule has 0 spiro atoms. The first-order valence-corrected chi connectivity index (χ1v) is 21.8. The van der Waals surface area contributed by atoms with Crippen LogP contribution in [0, 0.1) is 39.5 Å². The quantitative estimate of drug-likeness (QED) is 0.123.